The molecule has 0 saturated heterocycles. The van der Waals surface area contributed by atoms with Crippen molar-refractivity contribution in [2.45, 2.75) is 20.3 Å². The van der Waals surface area contributed by atoms with Crippen molar-refractivity contribution < 1.29 is 0 Å². The van der Waals surface area contributed by atoms with E-state index in [0.717, 1.165) is 90.0 Å². The highest BCUT2D eigenvalue weighted by molar-refractivity contribution is 6.16. The first kappa shape index (κ1) is 31.3. The average Bonchev–Trinajstić information content (AvgIpc) is 3.55. The Morgan fingerprint density at radius 3 is 1.88 bits per heavy atom. The highest BCUT2D eigenvalue weighted by Crippen LogP contribution is 2.38. The first-order valence-electron chi connectivity index (χ1n) is 17.9. The summed E-state index contributed by atoms with van der Waals surface area (Å²) in [7, 11) is 0. The number of para-hydroxylation sites is 1. The second kappa shape index (κ2) is 13.2. The molecule has 3 heterocycles. The van der Waals surface area contributed by atoms with Gasteiger partial charge in [0.25, 0.3) is 0 Å². The van der Waals surface area contributed by atoms with Crippen molar-refractivity contribution >= 4 is 38.8 Å². The molecular weight excluding hydrogens is 633 g/mol. The van der Waals surface area contributed by atoms with E-state index in [1.54, 1.807) is 0 Å². The number of allylic oxidation sites excluding steroid dienone is 1. The minimum atomic E-state index is 0.912. The molecule has 0 amide bonds. The van der Waals surface area contributed by atoms with E-state index in [9.17, 15) is 0 Å². The maximum absolute atomic E-state index is 5.25. The molecule has 0 N–H and O–H groups in total. The van der Waals surface area contributed by atoms with E-state index in [0.29, 0.717) is 0 Å². The number of imidazole rings is 1. The van der Waals surface area contributed by atoms with Gasteiger partial charge in [-0.25, -0.2) is 15.0 Å². The largest absolute Gasteiger partial charge is 0.293 e. The summed E-state index contributed by atoms with van der Waals surface area (Å²) in [6.07, 6.45) is 5.35. The van der Waals surface area contributed by atoms with Crippen molar-refractivity contribution in [1.29, 1.82) is 0 Å². The van der Waals surface area contributed by atoms with Crippen molar-refractivity contribution in [3.05, 3.63) is 175 Å². The van der Waals surface area contributed by atoms with Gasteiger partial charge in [-0.15, -0.1) is 0 Å². The standard InChI is InChI=1S/C48H36N4/c1-3-4-19-44-32(2)49-48(38-15-9-6-10-16-38)52(44)39-28-24-34(25-29-39)33-20-22-35(23-21-33)42-31-27-37-26-30-41-45(36-13-7-5-8-14-36)40-17-11-12-18-43(40)51-47(41)46(37)50-42/h4-31H,3H2,1-2H3/b19-4-. The molecule has 3 aromatic heterocycles. The fourth-order valence-corrected chi connectivity index (χ4v) is 7.26. The number of hydrogen-bond donors (Lipinski definition) is 0. The van der Waals surface area contributed by atoms with Gasteiger partial charge in [0.05, 0.1) is 33.6 Å². The molecule has 0 aliphatic carbocycles. The number of aromatic nitrogens is 4. The van der Waals surface area contributed by atoms with Gasteiger partial charge in [-0.1, -0.05) is 146 Å². The highest BCUT2D eigenvalue weighted by Gasteiger charge is 2.17. The van der Waals surface area contributed by atoms with E-state index >= 15 is 0 Å². The van der Waals surface area contributed by atoms with Gasteiger partial charge in [-0.2, -0.15) is 0 Å². The molecule has 0 atom stereocenters. The van der Waals surface area contributed by atoms with Gasteiger partial charge >= 0.3 is 0 Å². The molecule has 0 spiro atoms. The van der Waals surface area contributed by atoms with Gasteiger partial charge in [0.1, 0.15) is 5.82 Å². The Kier molecular flexibility index (Phi) is 7.98. The molecule has 0 bridgehead atoms. The fourth-order valence-electron chi connectivity index (χ4n) is 7.26. The van der Waals surface area contributed by atoms with Crippen LogP contribution in [0.5, 0.6) is 0 Å². The van der Waals surface area contributed by atoms with Crippen molar-refractivity contribution in [2.24, 2.45) is 0 Å². The molecule has 0 aliphatic heterocycles. The van der Waals surface area contributed by atoms with Gasteiger partial charge in [0.2, 0.25) is 0 Å². The van der Waals surface area contributed by atoms with Crippen LogP contribution in [0.25, 0.3) is 89.4 Å². The molecule has 9 aromatic rings. The molecule has 9 rings (SSSR count). The molecule has 4 heteroatoms. The number of pyridine rings is 2. The van der Waals surface area contributed by atoms with Crippen molar-refractivity contribution in [3.63, 3.8) is 0 Å². The molecular formula is C48H36N4. The Bertz CT molecular complexity index is 2740. The Balaban J connectivity index is 1.08. The predicted molar refractivity (Wildman–Crippen MR) is 217 cm³/mol. The van der Waals surface area contributed by atoms with Crippen molar-refractivity contribution in [3.8, 4) is 50.6 Å². The quantitative estimate of drug-likeness (QED) is 0.125. The van der Waals surface area contributed by atoms with E-state index in [1.165, 1.54) is 11.1 Å². The van der Waals surface area contributed by atoms with E-state index in [1.807, 2.05) is 6.07 Å². The summed E-state index contributed by atoms with van der Waals surface area (Å²) in [6, 6.07) is 55.5. The van der Waals surface area contributed by atoms with Crippen LogP contribution in [0.1, 0.15) is 24.7 Å². The van der Waals surface area contributed by atoms with Crippen LogP contribution < -0.4 is 0 Å². The van der Waals surface area contributed by atoms with Crippen molar-refractivity contribution in [1.82, 2.24) is 19.5 Å². The van der Waals surface area contributed by atoms with Gasteiger partial charge in [0.15, 0.2) is 0 Å². The molecule has 0 saturated carbocycles. The summed E-state index contributed by atoms with van der Waals surface area (Å²) in [4.78, 5) is 15.4. The summed E-state index contributed by atoms with van der Waals surface area (Å²) in [5.74, 6) is 0.946. The minimum Gasteiger partial charge on any atom is -0.293 e. The molecule has 6 aromatic carbocycles. The number of nitrogens with zero attached hydrogens (tertiary/aromatic N) is 4. The second-order valence-electron chi connectivity index (χ2n) is 13.1. The zero-order valence-corrected chi connectivity index (χ0v) is 29.2. The monoisotopic (exact) mass is 668 g/mol. The molecule has 4 nitrogen and oxygen atoms in total. The zero-order valence-electron chi connectivity index (χ0n) is 29.2. The summed E-state index contributed by atoms with van der Waals surface area (Å²) in [5, 5.41) is 3.33. The van der Waals surface area contributed by atoms with Crippen LogP contribution in [0.15, 0.2) is 164 Å². The number of aryl methyl sites for hydroxylation is 1. The van der Waals surface area contributed by atoms with Crippen LogP contribution in [0.2, 0.25) is 0 Å². The first-order chi connectivity index (χ1) is 25.7. The van der Waals surface area contributed by atoms with E-state index in [-0.39, 0.29) is 0 Å². The van der Waals surface area contributed by atoms with Crippen LogP contribution in [-0.2, 0) is 0 Å². The normalized spacial score (nSPS) is 11.7. The van der Waals surface area contributed by atoms with Crippen LogP contribution in [0.4, 0.5) is 0 Å². The third-order valence-electron chi connectivity index (χ3n) is 9.85. The van der Waals surface area contributed by atoms with Crippen molar-refractivity contribution in [2.75, 3.05) is 0 Å². The zero-order chi connectivity index (χ0) is 35.0. The van der Waals surface area contributed by atoms with Crippen LogP contribution in [0, 0.1) is 6.92 Å². The fraction of sp³-hybridized carbons (Fsp3) is 0.0625. The second-order valence-corrected chi connectivity index (χ2v) is 13.1. The predicted octanol–water partition coefficient (Wildman–Crippen LogP) is 12.5. The minimum absolute atomic E-state index is 0.912. The van der Waals surface area contributed by atoms with Gasteiger partial charge in [-0.05, 0) is 60.4 Å². The SMILES string of the molecule is CC/C=C\c1c(C)nc(-c2ccccc2)n1-c1ccc(-c2ccc(-c3ccc4ccc5c(-c6ccccc6)c6ccccc6nc5c4n3)cc2)cc1. The van der Waals surface area contributed by atoms with Gasteiger partial charge < -0.3 is 0 Å². The maximum atomic E-state index is 5.25. The lowest BCUT2D eigenvalue weighted by Gasteiger charge is -2.13. The first-order valence-corrected chi connectivity index (χ1v) is 17.9. The van der Waals surface area contributed by atoms with E-state index in [4.69, 9.17) is 15.0 Å². The summed E-state index contributed by atoms with van der Waals surface area (Å²) in [6.45, 7) is 4.24. The topological polar surface area (TPSA) is 43.6 Å². The Morgan fingerprint density at radius 1 is 0.519 bits per heavy atom. The number of benzene rings is 6. The Hall–Kier alpha value is -6.65. The summed E-state index contributed by atoms with van der Waals surface area (Å²) < 4.78 is 2.26. The molecule has 0 unspecified atom stereocenters. The van der Waals surface area contributed by atoms with Gasteiger partial charge in [-0.3, -0.25) is 4.57 Å². The van der Waals surface area contributed by atoms with Crippen LogP contribution >= 0.6 is 0 Å². The lowest BCUT2D eigenvalue weighted by atomic mass is 9.95. The Morgan fingerprint density at radius 2 is 1.15 bits per heavy atom. The molecule has 52 heavy (non-hydrogen) atoms. The molecule has 248 valence electrons. The average molecular weight is 669 g/mol. The summed E-state index contributed by atoms with van der Waals surface area (Å²) in [5.41, 5.74) is 13.8. The molecule has 0 fully saturated rings. The maximum Gasteiger partial charge on any atom is 0.145 e. The lowest BCUT2D eigenvalue weighted by molar-refractivity contribution is 1.05. The third-order valence-corrected chi connectivity index (χ3v) is 9.85. The number of hydrogen-bond acceptors (Lipinski definition) is 3. The highest BCUT2D eigenvalue weighted by atomic mass is 15.1. The molecule has 0 aliphatic rings. The van der Waals surface area contributed by atoms with Crippen LogP contribution in [-0.4, -0.2) is 19.5 Å². The van der Waals surface area contributed by atoms with E-state index < -0.39 is 0 Å². The van der Waals surface area contributed by atoms with Crippen LogP contribution in [0.3, 0.4) is 0 Å². The smallest absolute Gasteiger partial charge is 0.145 e. The molecule has 0 radical (unpaired) electrons. The third kappa shape index (κ3) is 5.55. The van der Waals surface area contributed by atoms with Gasteiger partial charge in [0, 0.05) is 38.5 Å². The lowest BCUT2D eigenvalue weighted by Crippen LogP contribution is -2.00. The van der Waals surface area contributed by atoms with E-state index in [2.05, 4.69) is 182 Å². The number of rotatable bonds is 7. The summed E-state index contributed by atoms with van der Waals surface area (Å²) >= 11 is 0. The number of fused-ring (bicyclic) bond motifs is 4. The Labute approximate surface area is 303 Å².